The number of esters is 10. The first-order valence-electron chi connectivity index (χ1n) is 38.1. The Labute approximate surface area is 624 Å². The molecule has 106 heavy (non-hydrogen) atoms. The highest BCUT2D eigenvalue weighted by molar-refractivity contribution is 7.87. The molecule has 8 unspecified atom stereocenters. The van der Waals surface area contributed by atoms with Crippen LogP contribution >= 0.6 is 0 Å². The third kappa shape index (κ3) is 19.5. The van der Waals surface area contributed by atoms with Crippen molar-refractivity contribution in [2.45, 2.75) is 268 Å². The van der Waals surface area contributed by atoms with Crippen LogP contribution in [0.15, 0.2) is 72.9 Å². The molecule has 0 amide bonds. The summed E-state index contributed by atoms with van der Waals surface area (Å²) in [6.07, 6.45) is 21.9. The quantitative estimate of drug-likeness (QED) is 0.0543. The maximum absolute atomic E-state index is 12.2. The Kier molecular flexibility index (Phi) is 26.2. The number of fused-ring (bicyclic) bond motifs is 1. The van der Waals surface area contributed by atoms with Crippen LogP contribution in [0.1, 0.15) is 217 Å². The van der Waals surface area contributed by atoms with Gasteiger partial charge in [-0.05, 0) is 255 Å². The molecule has 0 aromatic carbocycles. The van der Waals surface area contributed by atoms with Crippen LogP contribution in [-0.4, -0.2) is 151 Å². The van der Waals surface area contributed by atoms with Gasteiger partial charge >= 0.3 is 59.7 Å². The van der Waals surface area contributed by atoms with E-state index in [1.165, 1.54) is 78.6 Å². The standard InChI is InChI=1S/C19H26O6.C17H26O2.C14H20O3.C13H16O7S.C10H16O2.C8H10O4/c1-11(2)18(22)24-9-16(20)23-10-17(21)25-19(3)14-5-12-4-13(7-14)8-15(19)6-12;1-10(2)16(18)19-17(11(3)4)14-6-12-5-13(8-14)9-15(17)7-12;1-9(2)12(15)17-14-6-10-3-11(7-14)5-13(16,4-10)8-14;1-6(2)13(15)18-5-10(14)19-11-7-3-8-9(4-7)21(16,17)20-12(8)11;1-8(2)9(11)12-10(3)6-4-5-7-10;1-5(2)7(9)12-6-3-4-11-8(6)10/h12-15H,1,4-10H2,2-3H3;11-15H,1,5-9H2,2-4H3;10-11,16H,1,3-8H2,2H3;7-9,11-12H,1,3-5H2,2H3;1,4-7H2,2-3H3;6H,1,3-4H2,2H3. The molecule has 1 N–H and O–H groups in total. The Balaban J connectivity index is 0.000000150. The number of aliphatic hydroxyl groups is 1. The van der Waals surface area contributed by atoms with Crippen LogP contribution in [0.25, 0.3) is 0 Å². The second kappa shape index (κ2) is 33.5. The molecule has 17 fully saturated rings. The summed E-state index contributed by atoms with van der Waals surface area (Å²) in [5, 5.41) is 10.1. The zero-order valence-electron chi connectivity index (χ0n) is 63.9. The average molecular weight is 1500 g/mol. The smallest absolute Gasteiger partial charge is 0.347 e. The van der Waals surface area contributed by atoms with Gasteiger partial charge in [-0.25, -0.2) is 47.9 Å². The number of carbonyl (C=O) groups excluding carboxylic acids is 10. The highest BCUT2D eigenvalue weighted by Crippen LogP contribution is 2.63. The summed E-state index contributed by atoms with van der Waals surface area (Å²) in [6.45, 7) is 38.1. The molecule has 24 nitrogen and oxygen atoms in total. The van der Waals surface area contributed by atoms with Crippen molar-refractivity contribution in [3.8, 4) is 0 Å². The predicted molar refractivity (Wildman–Crippen MR) is 385 cm³/mol. The molecule has 17 rings (SSSR count). The molecule has 0 radical (unpaired) electrons. The highest BCUT2D eigenvalue weighted by atomic mass is 32.2. The molecule has 0 spiro atoms. The zero-order chi connectivity index (χ0) is 77.9. The van der Waals surface area contributed by atoms with Gasteiger partial charge in [0.2, 0.25) is 6.10 Å². The largest absolute Gasteiger partial charge is 0.463 e. The molecule has 15 aliphatic carbocycles. The van der Waals surface area contributed by atoms with Crippen molar-refractivity contribution in [2.24, 2.45) is 76.9 Å². The van der Waals surface area contributed by atoms with E-state index < -0.39 is 112 Å². The van der Waals surface area contributed by atoms with E-state index in [-0.39, 0.29) is 57.7 Å². The summed E-state index contributed by atoms with van der Waals surface area (Å²) < 4.78 is 80.4. The summed E-state index contributed by atoms with van der Waals surface area (Å²) in [4.78, 5) is 115. The lowest BCUT2D eigenvalue weighted by molar-refractivity contribution is -0.221. The molecular formula is C81H114O24S. The van der Waals surface area contributed by atoms with Crippen molar-refractivity contribution in [1.82, 2.24) is 0 Å². The maximum atomic E-state index is 12.2. The number of rotatable bonds is 19. The molecule has 17 aliphatic rings. The maximum Gasteiger partial charge on any atom is 0.347 e. The fourth-order valence-corrected chi connectivity index (χ4v) is 22.6. The monoisotopic (exact) mass is 1500 g/mol. The molecule has 0 aromatic rings. The zero-order valence-corrected chi connectivity index (χ0v) is 64.7. The minimum atomic E-state index is -3.53. The third-order valence-corrected chi connectivity index (χ3v) is 26.6. The van der Waals surface area contributed by atoms with E-state index in [2.05, 4.69) is 62.8 Å². The van der Waals surface area contributed by atoms with Gasteiger partial charge in [0.1, 0.15) is 34.6 Å². The van der Waals surface area contributed by atoms with Crippen molar-refractivity contribution in [2.75, 3.05) is 26.4 Å². The molecule has 25 heteroatoms. The number of ether oxygens (including phenoxy) is 10. The average Bonchev–Trinajstić information content (AvgIpc) is 1.07. The van der Waals surface area contributed by atoms with Crippen LogP contribution in [0.4, 0.5) is 0 Å². The Morgan fingerprint density at radius 3 is 1.41 bits per heavy atom. The van der Waals surface area contributed by atoms with Gasteiger partial charge in [-0.3, -0.25) is 4.18 Å². The fraction of sp³-hybridized carbons (Fsp3) is 0.728. The summed E-state index contributed by atoms with van der Waals surface area (Å²) in [6, 6.07) is 0. The van der Waals surface area contributed by atoms with Crippen molar-refractivity contribution in [3.63, 3.8) is 0 Å². The van der Waals surface area contributed by atoms with Gasteiger partial charge in [-0.15, -0.1) is 0 Å². The van der Waals surface area contributed by atoms with Crippen molar-refractivity contribution in [1.29, 1.82) is 0 Å². The second-order valence-corrected chi connectivity index (χ2v) is 36.0. The van der Waals surface area contributed by atoms with Crippen molar-refractivity contribution < 1.29 is 113 Å². The van der Waals surface area contributed by atoms with Gasteiger partial charge in [-0.2, -0.15) is 8.42 Å². The highest BCUT2D eigenvalue weighted by Gasteiger charge is 2.66. The lowest BCUT2D eigenvalue weighted by Gasteiger charge is -2.61. The van der Waals surface area contributed by atoms with Crippen LogP contribution in [0, 0.1) is 76.9 Å². The van der Waals surface area contributed by atoms with E-state index in [9.17, 15) is 61.5 Å². The SMILES string of the molecule is C=C(C)C(=O)OC1(C(C)C)C2CC3CC(C2)CC1C3.C=C(C)C(=O)OC1(C)CCCC1.C=C(C)C(=O)OC12CC3CC(CC(O)(C3)C1)C2.C=C(C)C(=O)OC1CCOC1=O.C=C(C)C(=O)OCC(=O)OC1C2CC3C1OS(=O)(=O)C3C2.C=C(C)C(=O)OCC(=O)OCC(=O)OC1(C)C2CC3CC(C2)CC1C3. The Hall–Kier alpha value is -6.99. The summed E-state index contributed by atoms with van der Waals surface area (Å²) in [5.41, 5.74) is 0.328. The summed E-state index contributed by atoms with van der Waals surface area (Å²) in [5.74, 6) is 1.71. The Bertz CT molecular complexity index is 3520. The van der Waals surface area contributed by atoms with E-state index in [4.69, 9.17) is 42.1 Å². The molecule has 14 bridgehead atoms. The first-order valence-corrected chi connectivity index (χ1v) is 39.6. The molecule has 8 atom stereocenters. The lowest BCUT2D eigenvalue weighted by Crippen LogP contribution is -2.62. The normalized spacial score (nSPS) is 36.0. The van der Waals surface area contributed by atoms with E-state index >= 15 is 0 Å². The summed E-state index contributed by atoms with van der Waals surface area (Å²) in [7, 11) is -3.53. The lowest BCUT2D eigenvalue weighted by atomic mass is 9.47. The molecular weight excluding hydrogens is 1390 g/mol. The molecule has 2 heterocycles. The molecule has 2 saturated heterocycles. The topological polar surface area (TPSA) is 327 Å². The van der Waals surface area contributed by atoms with E-state index in [0.29, 0.717) is 90.4 Å². The van der Waals surface area contributed by atoms with Gasteiger partial charge in [0.15, 0.2) is 19.8 Å². The summed E-state index contributed by atoms with van der Waals surface area (Å²) >= 11 is 0. The number of cyclic esters (lactones) is 1. The van der Waals surface area contributed by atoms with Gasteiger partial charge in [0, 0.05) is 58.1 Å². The Morgan fingerprint density at radius 1 is 0.509 bits per heavy atom. The van der Waals surface area contributed by atoms with Gasteiger partial charge in [0.05, 0.1) is 17.5 Å². The predicted octanol–water partition coefficient (Wildman–Crippen LogP) is 11.6. The van der Waals surface area contributed by atoms with Gasteiger partial charge in [0.25, 0.3) is 10.1 Å². The molecule has 588 valence electrons. The first-order chi connectivity index (χ1) is 49.5. The third-order valence-electron chi connectivity index (χ3n) is 24.9. The molecule has 15 saturated carbocycles. The van der Waals surface area contributed by atoms with Crippen LogP contribution in [0.5, 0.6) is 0 Å². The first kappa shape index (κ1) is 83.1. The number of carbonyl (C=O) groups is 10. The van der Waals surface area contributed by atoms with E-state index in [1.54, 1.807) is 20.8 Å². The van der Waals surface area contributed by atoms with Crippen LogP contribution in [-0.2, 0) is 110 Å². The minimum absolute atomic E-state index is 0.00284. The number of hydrogen-bond donors (Lipinski definition) is 1. The molecule has 2 aliphatic heterocycles. The minimum Gasteiger partial charge on any atom is -0.463 e. The Morgan fingerprint density at radius 2 is 0.953 bits per heavy atom. The fourth-order valence-electron chi connectivity index (χ4n) is 20.7. The van der Waals surface area contributed by atoms with Crippen LogP contribution in [0.2, 0.25) is 0 Å². The van der Waals surface area contributed by atoms with Crippen molar-refractivity contribution >= 4 is 69.8 Å². The van der Waals surface area contributed by atoms with Crippen LogP contribution < -0.4 is 0 Å². The van der Waals surface area contributed by atoms with Gasteiger partial charge < -0.3 is 52.5 Å². The second-order valence-electron chi connectivity index (χ2n) is 34.3. The van der Waals surface area contributed by atoms with E-state index in [0.717, 1.165) is 87.9 Å². The van der Waals surface area contributed by atoms with E-state index in [1.807, 2.05) is 13.8 Å². The van der Waals surface area contributed by atoms with Crippen LogP contribution in [0.3, 0.4) is 0 Å². The number of hydrogen-bond acceptors (Lipinski definition) is 24. The molecule has 0 aromatic heterocycles. The van der Waals surface area contributed by atoms with Gasteiger partial charge in [-0.1, -0.05) is 53.3 Å². The van der Waals surface area contributed by atoms with Crippen molar-refractivity contribution in [3.05, 3.63) is 72.9 Å².